The summed E-state index contributed by atoms with van der Waals surface area (Å²) in [5.74, 6) is -0.692. The number of hydrogen-bond acceptors (Lipinski definition) is 16. The molecule has 612 valence electrons. The molecule has 0 saturated heterocycles. The Balaban J connectivity index is 0.000000269. The molecule has 0 saturated carbocycles. The number of aryl methyl sites for hydroxylation is 4. The van der Waals surface area contributed by atoms with Crippen molar-refractivity contribution in [2.45, 2.75) is 99.4 Å². The summed E-state index contributed by atoms with van der Waals surface area (Å²) in [6.07, 6.45) is 6.28. The van der Waals surface area contributed by atoms with Gasteiger partial charge in [-0.2, -0.15) is 0 Å². The first-order valence-corrected chi connectivity index (χ1v) is 39.7. The lowest BCUT2D eigenvalue weighted by molar-refractivity contribution is -0.162. The van der Waals surface area contributed by atoms with Crippen LogP contribution in [0.1, 0.15) is 77.8 Å². The number of alkyl halides is 1. The molecular weight excluding hydrogens is 2020 g/mol. The first-order chi connectivity index (χ1) is 53.5. The number of rotatable bonds is 18. The molecule has 1 aliphatic rings. The molecule has 0 spiro atoms. The minimum Gasteiger partial charge on any atom is -0.508 e. The predicted octanol–water partition coefficient (Wildman–Crippen LogP) is 25.8. The van der Waals surface area contributed by atoms with Gasteiger partial charge in [-0.25, -0.2) is 35.1 Å². The van der Waals surface area contributed by atoms with E-state index in [-0.39, 0.29) is 102 Å². The Hall–Kier alpha value is -6.57. The van der Waals surface area contributed by atoms with Crippen molar-refractivity contribution < 1.29 is 96.2 Å². The Morgan fingerprint density at radius 3 is 1.36 bits per heavy atom. The van der Waals surface area contributed by atoms with Gasteiger partial charge in [0.15, 0.2) is 12.6 Å². The number of nitrogens with zero attached hydrogens (tertiary/aromatic N) is 3. The standard InChI is InChI=1S/C13H18BrFO3.C9H5Br2FO.C9H5BrFN3O.C9H7BrFNO.C9H6BrFO.C9H10FNO.C7H6BrFO.C7H7FO.C7H16O3.BrH/c1-4-16-13(17-5-2)8-18-12-6-9(3)11(15)7-10(12)14;10-4-6-5-1-2-13-9(5)7(11)3-8(6)12;10-7-3-8(11)6(4-13-14-12)5-1-2-15-9(5)7;10-7-3-8(11)6(4-12)5-1-2-13-9(5)7;1-5-6-2-3-12-9(6)7(10)4-8(5)11;10-8-1-2-9-6(3-4-12-9)7(8)5-11;1-4-2-7(10)5(8)3-6(4)9;1-5-4-6(9)2-3-7(5)8;1-4-9-7(6-8-3)10-5-2;/h6-7,13H,4-5,8H2,1-3H3;1-3H,4H2;1-3H,4H2;1-3H,4,12H2;2-4H,1H3;1-2H,3-5,11H2;2-3,10H,1H3;2-4,9H,1H3;7H,4-6H2,1-3H3;1H. The SMILES string of the molecule is Br.CCOC(COC)OCC.CCOC(COc1cc(C)c(F)cc1Br)OCC.Cc1c(F)cc(Br)c2occc12.Cc1cc(O)c(Br)cc1F.Cc1cc(O)ccc1F.Fc1cc(Br)c2occc2c1CBr.NCc1c(F)cc(Br)c2occc12.NCc1c(F)ccc2c1CCO2.[N-]=[N+]=NCc1c(F)cc(Br)c2occc12. The van der Waals surface area contributed by atoms with E-state index < -0.39 is 12.1 Å². The Kier molecular flexibility index (Phi) is 44.4. The Bertz CT molecular complexity index is 4900. The molecule has 6 N–H and O–H groups in total. The molecular formula is C79H81Br8F8N5O13. The van der Waals surface area contributed by atoms with Gasteiger partial charge >= 0.3 is 0 Å². The van der Waals surface area contributed by atoms with E-state index in [1.807, 2.05) is 27.7 Å². The van der Waals surface area contributed by atoms with Gasteiger partial charge in [-0.3, -0.25) is 0 Å². The molecule has 1 aliphatic heterocycles. The average Bonchev–Trinajstić information content (AvgIpc) is 1.71. The van der Waals surface area contributed by atoms with Gasteiger partial charge in [-0.15, -0.1) is 17.0 Å². The van der Waals surface area contributed by atoms with Crippen LogP contribution in [0.2, 0.25) is 0 Å². The second-order valence-electron chi connectivity index (χ2n) is 23.1. The van der Waals surface area contributed by atoms with Gasteiger partial charge in [0.2, 0.25) is 0 Å². The van der Waals surface area contributed by atoms with Gasteiger partial charge in [-0.1, -0.05) is 21.0 Å². The number of halogens is 16. The fraction of sp³-hybridized carbons (Fsp3) is 0.291. The Labute approximate surface area is 716 Å². The van der Waals surface area contributed by atoms with Crippen LogP contribution in [0.4, 0.5) is 35.1 Å². The number of fused-ring (bicyclic) bond motifs is 5. The molecule has 34 heteroatoms. The molecule has 5 heterocycles. The summed E-state index contributed by atoms with van der Waals surface area (Å²) < 4.78 is 166. The maximum Gasteiger partial charge on any atom is 0.191 e. The molecule has 0 fully saturated rings. The predicted molar refractivity (Wildman–Crippen MR) is 451 cm³/mol. The first-order valence-electron chi connectivity index (χ1n) is 33.9. The summed E-state index contributed by atoms with van der Waals surface area (Å²) >= 11 is 22.4. The molecule has 0 bridgehead atoms. The highest BCUT2D eigenvalue weighted by Crippen LogP contribution is 2.36. The number of benzene rings is 8. The first kappa shape index (κ1) is 98.8. The highest BCUT2D eigenvalue weighted by molar-refractivity contribution is 9.11. The lowest BCUT2D eigenvalue weighted by atomic mass is 10.0. The van der Waals surface area contributed by atoms with Crippen molar-refractivity contribution in [2.24, 2.45) is 16.6 Å². The van der Waals surface area contributed by atoms with Crippen molar-refractivity contribution in [3.8, 4) is 23.0 Å². The quantitative estimate of drug-likeness (QED) is 0.0155. The average molecular weight is 2100 g/mol. The summed E-state index contributed by atoms with van der Waals surface area (Å²) in [5, 5.41) is 24.6. The van der Waals surface area contributed by atoms with Gasteiger partial charge in [-0.05, 0) is 282 Å². The van der Waals surface area contributed by atoms with Crippen LogP contribution >= 0.6 is 128 Å². The number of phenolic OH excluding ortho intramolecular Hbond substituents is 2. The number of phenols is 2. The highest BCUT2D eigenvalue weighted by Gasteiger charge is 2.20. The number of methoxy groups -OCH3 is 1. The minimum atomic E-state index is -0.414. The van der Waals surface area contributed by atoms with Crippen molar-refractivity contribution in [1.29, 1.82) is 0 Å². The minimum absolute atomic E-state index is 0. The van der Waals surface area contributed by atoms with E-state index in [0.717, 1.165) is 33.9 Å². The fourth-order valence-corrected chi connectivity index (χ4v) is 13.4. The summed E-state index contributed by atoms with van der Waals surface area (Å²) in [4.78, 5) is 2.60. The van der Waals surface area contributed by atoms with Crippen molar-refractivity contribution in [1.82, 2.24) is 0 Å². The molecule has 4 aromatic heterocycles. The second-order valence-corrected chi connectivity index (χ2v) is 28.8. The van der Waals surface area contributed by atoms with Gasteiger partial charge in [0.1, 0.15) is 98.5 Å². The maximum absolute atomic E-state index is 13.5. The van der Waals surface area contributed by atoms with E-state index in [0.29, 0.717) is 150 Å². The van der Waals surface area contributed by atoms with Crippen LogP contribution in [0, 0.1) is 74.2 Å². The summed E-state index contributed by atoms with van der Waals surface area (Å²) in [7, 11) is 1.63. The molecule has 0 unspecified atom stereocenters. The fourth-order valence-electron chi connectivity index (χ4n) is 10.1. The van der Waals surface area contributed by atoms with E-state index in [1.165, 1.54) is 79.3 Å². The molecule has 18 nitrogen and oxygen atoms in total. The van der Waals surface area contributed by atoms with E-state index >= 15 is 0 Å². The third-order valence-electron chi connectivity index (χ3n) is 15.6. The van der Waals surface area contributed by atoms with Crippen LogP contribution < -0.4 is 20.9 Å². The zero-order valence-corrected chi connectivity index (χ0v) is 75.0. The van der Waals surface area contributed by atoms with Crippen LogP contribution in [0.15, 0.2) is 178 Å². The van der Waals surface area contributed by atoms with Gasteiger partial charge < -0.3 is 72.5 Å². The van der Waals surface area contributed by atoms with Crippen LogP contribution in [0.25, 0.3) is 54.3 Å². The number of nitrogens with two attached hydrogens (primary N) is 2. The third kappa shape index (κ3) is 29.5. The third-order valence-corrected chi connectivity index (χ3v) is 19.8. The summed E-state index contributed by atoms with van der Waals surface area (Å²) in [6, 6.07) is 25.1. The molecule has 8 aromatic carbocycles. The highest BCUT2D eigenvalue weighted by atomic mass is 79.9. The van der Waals surface area contributed by atoms with E-state index in [9.17, 15) is 35.1 Å². The summed E-state index contributed by atoms with van der Waals surface area (Å²) in [6.45, 7) is 18.5. The zero-order chi connectivity index (χ0) is 82.9. The summed E-state index contributed by atoms with van der Waals surface area (Å²) in [5.41, 5.74) is 26.7. The Morgan fingerprint density at radius 2 is 0.903 bits per heavy atom. The molecule has 113 heavy (non-hydrogen) atoms. The van der Waals surface area contributed by atoms with E-state index in [4.69, 9.17) is 78.0 Å². The van der Waals surface area contributed by atoms with Crippen LogP contribution in [-0.2, 0) is 55.1 Å². The van der Waals surface area contributed by atoms with Crippen molar-refractivity contribution in [3.63, 3.8) is 0 Å². The van der Waals surface area contributed by atoms with Gasteiger partial charge in [0, 0.05) is 113 Å². The van der Waals surface area contributed by atoms with Crippen LogP contribution in [-0.4, -0.2) is 76.2 Å². The van der Waals surface area contributed by atoms with Crippen molar-refractivity contribution in [2.75, 3.05) is 53.4 Å². The van der Waals surface area contributed by atoms with Crippen molar-refractivity contribution in [3.05, 3.63) is 262 Å². The van der Waals surface area contributed by atoms with Gasteiger partial charge in [0.05, 0.1) is 71.6 Å². The largest absolute Gasteiger partial charge is 0.508 e. The maximum atomic E-state index is 13.5. The number of aromatic hydroxyl groups is 2. The Morgan fingerprint density at radius 1 is 0.487 bits per heavy atom. The van der Waals surface area contributed by atoms with Gasteiger partial charge in [0.25, 0.3) is 0 Å². The number of hydrogen-bond donors (Lipinski definition) is 4. The molecule has 13 rings (SSSR count). The van der Waals surface area contributed by atoms with E-state index in [2.05, 4.69) is 122 Å². The smallest absolute Gasteiger partial charge is 0.191 e. The topological polar surface area (TPSA) is 258 Å². The molecule has 0 radical (unpaired) electrons. The lowest BCUT2D eigenvalue weighted by Crippen LogP contribution is -2.25. The van der Waals surface area contributed by atoms with Crippen molar-refractivity contribution >= 4 is 172 Å². The zero-order valence-electron chi connectivity index (χ0n) is 62.2. The monoisotopic (exact) mass is 2090 g/mol. The second kappa shape index (κ2) is 50.8. The molecule has 12 aromatic rings. The normalized spacial score (nSPS) is 10.9. The van der Waals surface area contributed by atoms with E-state index in [1.54, 1.807) is 83.7 Å². The van der Waals surface area contributed by atoms with Crippen LogP contribution in [0.3, 0.4) is 0 Å². The lowest BCUT2D eigenvalue weighted by Gasteiger charge is -2.18. The molecule has 0 atom stereocenters. The number of ether oxygens (including phenoxy) is 7. The molecule has 0 aliphatic carbocycles. The number of azide groups is 1. The number of furan rings is 4. The molecule has 0 amide bonds. The van der Waals surface area contributed by atoms with Crippen LogP contribution in [0.5, 0.6) is 23.0 Å².